The van der Waals surface area contributed by atoms with Gasteiger partial charge in [-0.25, -0.2) is 0 Å². The number of likely N-dealkylation sites (N-methyl/N-ethyl adjacent to an activating group) is 1. The first kappa shape index (κ1) is 23.9. The second-order valence-electron chi connectivity index (χ2n) is 9.15. The maximum absolute atomic E-state index is 13.3. The summed E-state index contributed by atoms with van der Waals surface area (Å²) in [5, 5.41) is 3.94. The number of unbranched alkanes of at least 4 members (excludes halogenated alkanes) is 1. The van der Waals surface area contributed by atoms with Gasteiger partial charge in [-0.3, -0.25) is 9.59 Å². The van der Waals surface area contributed by atoms with Crippen molar-refractivity contribution in [3.63, 3.8) is 0 Å². The van der Waals surface area contributed by atoms with Crippen LogP contribution < -0.4 is 5.32 Å². The van der Waals surface area contributed by atoms with E-state index >= 15 is 0 Å². The lowest BCUT2D eigenvalue weighted by Crippen LogP contribution is -2.55. The Balaban J connectivity index is 2.91. The molecule has 1 aliphatic rings. The van der Waals surface area contributed by atoms with Crippen molar-refractivity contribution < 1.29 is 9.59 Å². The molecule has 0 aliphatic carbocycles. The van der Waals surface area contributed by atoms with Crippen molar-refractivity contribution in [3.8, 4) is 0 Å². The lowest BCUT2D eigenvalue weighted by molar-refractivity contribution is -0.144. The minimum Gasteiger partial charge on any atom is -0.363 e. The van der Waals surface area contributed by atoms with E-state index in [0.29, 0.717) is 17.5 Å². The molecule has 0 bridgehead atoms. The zero-order chi connectivity index (χ0) is 20.8. The summed E-state index contributed by atoms with van der Waals surface area (Å²) < 4.78 is 0. The number of thiocarbonyl (C=S) groups is 1. The third kappa shape index (κ3) is 6.74. The number of likely N-dealkylation sites (tertiary alicyclic amines) is 1. The van der Waals surface area contributed by atoms with E-state index in [1.807, 2.05) is 25.7 Å². The molecule has 156 valence electrons. The van der Waals surface area contributed by atoms with Gasteiger partial charge in [-0.05, 0) is 43.8 Å². The van der Waals surface area contributed by atoms with Crippen LogP contribution >= 0.6 is 12.2 Å². The van der Waals surface area contributed by atoms with Gasteiger partial charge >= 0.3 is 0 Å². The van der Waals surface area contributed by atoms with Gasteiger partial charge in [-0.1, -0.05) is 48.0 Å². The number of Topliss-reactive ketones (excluding diaryl/α,β-unsaturated/α-hetero) is 1. The van der Waals surface area contributed by atoms with Crippen LogP contribution in [0.1, 0.15) is 73.6 Å². The molecule has 1 amide bonds. The first-order valence-corrected chi connectivity index (χ1v) is 10.8. The lowest BCUT2D eigenvalue weighted by atomic mass is 9.83. The number of nitrogens with zero attached hydrogens (tertiary/aromatic N) is 2. The van der Waals surface area contributed by atoms with Gasteiger partial charge in [0, 0.05) is 25.6 Å². The van der Waals surface area contributed by atoms with E-state index in [4.69, 9.17) is 12.2 Å². The zero-order valence-corrected chi connectivity index (χ0v) is 19.1. The smallest absolute Gasteiger partial charge is 0.245 e. The molecule has 0 unspecified atom stereocenters. The summed E-state index contributed by atoms with van der Waals surface area (Å²) in [6, 6.07) is -0.652. The average Bonchev–Trinajstić information content (AvgIpc) is 3.06. The highest BCUT2D eigenvalue weighted by atomic mass is 32.1. The van der Waals surface area contributed by atoms with Crippen molar-refractivity contribution in [2.75, 3.05) is 20.1 Å². The maximum Gasteiger partial charge on any atom is 0.245 e. The summed E-state index contributed by atoms with van der Waals surface area (Å²) in [7, 11) is 1.78. The van der Waals surface area contributed by atoms with Crippen molar-refractivity contribution in [3.05, 3.63) is 0 Å². The fourth-order valence-corrected chi connectivity index (χ4v) is 3.84. The van der Waals surface area contributed by atoms with Gasteiger partial charge in [-0.2, -0.15) is 0 Å². The molecule has 1 N–H and O–H groups in total. The Bertz CT molecular complexity index is 528. The predicted molar refractivity (Wildman–Crippen MR) is 116 cm³/mol. The van der Waals surface area contributed by atoms with Crippen molar-refractivity contribution in [1.82, 2.24) is 15.1 Å². The molecule has 27 heavy (non-hydrogen) atoms. The zero-order valence-electron chi connectivity index (χ0n) is 18.3. The van der Waals surface area contributed by atoms with Crippen LogP contribution in [0, 0.1) is 11.3 Å². The van der Waals surface area contributed by atoms with Crippen molar-refractivity contribution in [2.45, 2.75) is 85.7 Å². The number of amides is 1. The van der Waals surface area contributed by atoms with Gasteiger partial charge in [0.05, 0.1) is 6.04 Å². The molecule has 1 rings (SSSR count). The molecule has 0 saturated carbocycles. The minimum atomic E-state index is -0.472. The largest absolute Gasteiger partial charge is 0.363 e. The molecule has 2 atom stereocenters. The Morgan fingerprint density at radius 1 is 1.30 bits per heavy atom. The molecule has 5 nitrogen and oxygen atoms in total. The van der Waals surface area contributed by atoms with Crippen LogP contribution in [0.2, 0.25) is 0 Å². The van der Waals surface area contributed by atoms with Crippen LogP contribution in [0.3, 0.4) is 0 Å². The summed E-state index contributed by atoms with van der Waals surface area (Å²) in [6.45, 7) is 13.7. The summed E-state index contributed by atoms with van der Waals surface area (Å²) in [5.74, 6) is 0.476. The molecule has 0 radical (unpaired) electrons. The van der Waals surface area contributed by atoms with Crippen LogP contribution in [0.25, 0.3) is 0 Å². The fourth-order valence-electron chi connectivity index (χ4n) is 3.52. The molecule has 0 aromatic rings. The molecule has 1 heterocycles. The number of hydrogen-bond acceptors (Lipinski definition) is 3. The van der Waals surface area contributed by atoms with Crippen molar-refractivity contribution >= 4 is 29.0 Å². The van der Waals surface area contributed by atoms with E-state index in [1.54, 1.807) is 11.9 Å². The number of nitrogens with one attached hydrogen (secondary N) is 1. The number of carbonyl (C=O) groups excluding carboxylic acids is 2. The first-order chi connectivity index (χ1) is 12.5. The van der Waals surface area contributed by atoms with Gasteiger partial charge < -0.3 is 15.1 Å². The Labute approximate surface area is 171 Å². The average molecular weight is 398 g/mol. The van der Waals surface area contributed by atoms with Crippen molar-refractivity contribution in [1.29, 1.82) is 0 Å². The van der Waals surface area contributed by atoms with Gasteiger partial charge in [0.1, 0.15) is 6.04 Å². The first-order valence-electron chi connectivity index (χ1n) is 10.4. The molecular weight excluding hydrogens is 358 g/mol. The second-order valence-corrected chi connectivity index (χ2v) is 9.53. The molecule has 1 fully saturated rings. The van der Waals surface area contributed by atoms with Crippen LogP contribution in [0.15, 0.2) is 0 Å². The summed E-state index contributed by atoms with van der Waals surface area (Å²) in [4.78, 5) is 30.0. The van der Waals surface area contributed by atoms with Gasteiger partial charge in [0.25, 0.3) is 0 Å². The van der Waals surface area contributed by atoms with E-state index in [1.165, 1.54) is 0 Å². The van der Waals surface area contributed by atoms with Crippen LogP contribution in [-0.4, -0.2) is 58.8 Å². The van der Waals surface area contributed by atoms with E-state index in [0.717, 1.165) is 38.8 Å². The van der Waals surface area contributed by atoms with Gasteiger partial charge in [0.15, 0.2) is 10.9 Å². The molecule has 0 aromatic heterocycles. The van der Waals surface area contributed by atoms with E-state index in [2.05, 4.69) is 26.1 Å². The van der Waals surface area contributed by atoms with E-state index < -0.39 is 5.41 Å². The number of rotatable bonds is 8. The predicted octanol–water partition coefficient (Wildman–Crippen LogP) is 3.61. The number of hydrogen-bond donors (Lipinski definition) is 1. The Morgan fingerprint density at radius 3 is 2.44 bits per heavy atom. The summed E-state index contributed by atoms with van der Waals surface area (Å²) in [6.07, 6.45) is 4.58. The summed E-state index contributed by atoms with van der Waals surface area (Å²) in [5.41, 5.74) is -0.472. The highest BCUT2D eigenvalue weighted by molar-refractivity contribution is 7.80. The topological polar surface area (TPSA) is 52.7 Å². The summed E-state index contributed by atoms with van der Waals surface area (Å²) >= 11 is 5.53. The molecule has 6 heteroatoms. The quantitative estimate of drug-likeness (QED) is 0.501. The highest BCUT2D eigenvalue weighted by Gasteiger charge is 2.40. The Hall–Kier alpha value is -1.17. The van der Waals surface area contributed by atoms with E-state index in [-0.39, 0.29) is 23.8 Å². The maximum atomic E-state index is 13.3. The lowest BCUT2D eigenvalue weighted by Gasteiger charge is -2.36. The molecule has 0 spiro atoms. The van der Waals surface area contributed by atoms with Crippen LogP contribution in [-0.2, 0) is 9.59 Å². The van der Waals surface area contributed by atoms with Crippen molar-refractivity contribution in [2.24, 2.45) is 11.3 Å². The molecule has 0 aromatic carbocycles. The standard InChI is InChI=1S/C21H39N3O2S/c1-8-9-12-22-20(27)24-13-10-11-16(24)19(26)23(7)17(14-15(2)3)18(25)21(4,5)6/h15-17H,8-14H2,1-7H3,(H,22,27)/t16-,17+/m0/s1. The third-order valence-electron chi connectivity index (χ3n) is 5.16. The second kappa shape index (κ2) is 10.4. The van der Waals surface area contributed by atoms with Crippen LogP contribution in [0.5, 0.6) is 0 Å². The van der Waals surface area contributed by atoms with Gasteiger partial charge in [-0.15, -0.1) is 0 Å². The minimum absolute atomic E-state index is 0.00962. The fraction of sp³-hybridized carbons (Fsp3) is 0.857. The Morgan fingerprint density at radius 2 is 1.93 bits per heavy atom. The normalized spacial score (nSPS) is 18.5. The Kier molecular flexibility index (Phi) is 9.19. The SMILES string of the molecule is CCCCNC(=S)N1CCC[C@H]1C(=O)N(C)[C@H](CC(C)C)C(=O)C(C)(C)C. The molecule has 1 saturated heterocycles. The number of carbonyl (C=O) groups is 2. The monoisotopic (exact) mass is 397 g/mol. The molecular formula is C21H39N3O2S. The number of ketones is 1. The van der Waals surface area contributed by atoms with E-state index in [9.17, 15) is 9.59 Å². The highest BCUT2D eigenvalue weighted by Crippen LogP contribution is 2.26. The van der Waals surface area contributed by atoms with Crippen LogP contribution in [0.4, 0.5) is 0 Å². The molecule has 1 aliphatic heterocycles. The van der Waals surface area contributed by atoms with Gasteiger partial charge in [0.2, 0.25) is 5.91 Å². The third-order valence-corrected chi connectivity index (χ3v) is 5.54.